The van der Waals surface area contributed by atoms with Gasteiger partial charge >= 0.3 is 10.4 Å². The number of hydrogen-bond donors (Lipinski definition) is 7. The lowest BCUT2D eigenvalue weighted by atomic mass is 10.0. The first-order valence-electron chi connectivity index (χ1n) is 7.72. The van der Waals surface area contributed by atoms with Gasteiger partial charge in [-0.05, 0) is 17.7 Å². The number of oxime groups is 1. The largest absolute Gasteiger partial charge is 0.504 e. The van der Waals surface area contributed by atoms with E-state index in [-0.39, 0.29) is 11.5 Å². The highest BCUT2D eigenvalue weighted by atomic mass is 32.3. The standard InChI is InChI=1S/C14H19NO11S2/c16-5-9-11(19)12(20)13(21)14(25-9)27-10(15-26-28(22,23)24)4-6-1-2-7(17)8(18)3-6/h1-3,9,11-14,16-21H,4-5H2,(H,22,23,24). The molecule has 12 nitrogen and oxygen atoms in total. The topological polar surface area (TPSA) is 207 Å². The SMILES string of the molecule is O=S(=O)(O)ON=C(Cc1ccc(O)c(O)c1)SC1OC(CO)C(O)C(O)C1O. The molecule has 1 aromatic rings. The molecule has 0 bridgehead atoms. The van der Waals surface area contributed by atoms with Crippen LogP contribution >= 0.6 is 11.8 Å². The van der Waals surface area contributed by atoms with Crippen LogP contribution in [0.3, 0.4) is 0 Å². The van der Waals surface area contributed by atoms with Crippen molar-refractivity contribution in [3.8, 4) is 11.5 Å². The Morgan fingerprint density at radius 3 is 2.39 bits per heavy atom. The van der Waals surface area contributed by atoms with E-state index >= 15 is 0 Å². The molecule has 1 aliphatic rings. The van der Waals surface area contributed by atoms with Crippen LogP contribution in [0.1, 0.15) is 5.56 Å². The van der Waals surface area contributed by atoms with E-state index in [2.05, 4.69) is 9.44 Å². The average molecular weight is 441 g/mol. The monoisotopic (exact) mass is 441 g/mol. The molecule has 0 spiro atoms. The molecule has 0 aromatic heterocycles. The third-order valence-corrected chi connectivity index (χ3v) is 5.11. The summed E-state index contributed by atoms with van der Waals surface area (Å²) in [4.78, 5) is 0. The molecule has 2 rings (SSSR count). The summed E-state index contributed by atoms with van der Waals surface area (Å²) in [6, 6.07) is 3.71. The van der Waals surface area contributed by atoms with Crippen molar-refractivity contribution in [3.63, 3.8) is 0 Å². The number of nitrogens with zero attached hydrogens (tertiary/aromatic N) is 1. The Morgan fingerprint density at radius 1 is 1.14 bits per heavy atom. The van der Waals surface area contributed by atoms with Gasteiger partial charge in [0.15, 0.2) is 11.5 Å². The number of phenolic OH excluding ortho intramolecular Hbond substituents is 2. The van der Waals surface area contributed by atoms with Crippen molar-refractivity contribution in [1.82, 2.24) is 0 Å². The Bertz CT molecular complexity index is 814. The minimum absolute atomic E-state index is 0.174. The minimum atomic E-state index is -4.94. The molecule has 1 fully saturated rings. The second kappa shape index (κ2) is 9.23. The molecule has 14 heteroatoms. The van der Waals surface area contributed by atoms with Crippen molar-refractivity contribution in [1.29, 1.82) is 0 Å². The van der Waals surface area contributed by atoms with Gasteiger partial charge in [0.05, 0.1) is 6.61 Å². The van der Waals surface area contributed by atoms with Crippen molar-refractivity contribution >= 4 is 27.2 Å². The third kappa shape index (κ3) is 5.92. The van der Waals surface area contributed by atoms with Gasteiger partial charge in [-0.1, -0.05) is 23.0 Å². The highest BCUT2D eigenvalue weighted by Gasteiger charge is 2.44. The molecular weight excluding hydrogens is 422 g/mol. The molecule has 1 aliphatic heterocycles. The van der Waals surface area contributed by atoms with E-state index in [1.807, 2.05) is 0 Å². The predicted molar refractivity (Wildman–Crippen MR) is 94.9 cm³/mol. The van der Waals surface area contributed by atoms with E-state index in [0.29, 0.717) is 17.3 Å². The molecule has 158 valence electrons. The second-order valence-electron chi connectivity index (χ2n) is 5.80. The Labute approximate surface area is 163 Å². The zero-order valence-electron chi connectivity index (χ0n) is 14.1. The van der Waals surface area contributed by atoms with E-state index in [9.17, 15) is 39.1 Å². The molecule has 0 saturated carbocycles. The fraction of sp³-hybridized carbons (Fsp3) is 0.500. The molecule has 0 radical (unpaired) electrons. The second-order valence-corrected chi connectivity index (χ2v) is 7.98. The number of benzene rings is 1. The van der Waals surface area contributed by atoms with Crippen molar-refractivity contribution in [3.05, 3.63) is 23.8 Å². The van der Waals surface area contributed by atoms with Gasteiger partial charge in [0.1, 0.15) is 34.9 Å². The molecular formula is C14H19NO11S2. The molecule has 5 atom stereocenters. The fourth-order valence-electron chi connectivity index (χ4n) is 2.34. The number of thioether (sulfide) groups is 1. The lowest BCUT2D eigenvalue weighted by Gasteiger charge is -2.39. The first-order chi connectivity index (χ1) is 13.0. The van der Waals surface area contributed by atoms with Gasteiger partial charge in [0, 0.05) is 6.42 Å². The number of rotatable bonds is 6. The smallest absolute Gasteiger partial charge is 0.466 e. The van der Waals surface area contributed by atoms with Crippen LogP contribution in [0.2, 0.25) is 0 Å². The average Bonchev–Trinajstić information content (AvgIpc) is 2.62. The van der Waals surface area contributed by atoms with Crippen LogP contribution in [0.15, 0.2) is 23.4 Å². The maximum absolute atomic E-state index is 10.8. The van der Waals surface area contributed by atoms with Crippen molar-refractivity contribution in [2.45, 2.75) is 36.3 Å². The molecule has 1 heterocycles. The molecule has 0 amide bonds. The first-order valence-corrected chi connectivity index (χ1v) is 9.97. The number of aliphatic hydroxyl groups is 4. The zero-order valence-corrected chi connectivity index (χ0v) is 15.7. The quantitative estimate of drug-likeness (QED) is 0.0867. The zero-order chi connectivity index (χ0) is 21.1. The Kier molecular flexibility index (Phi) is 7.46. The van der Waals surface area contributed by atoms with E-state index in [0.717, 1.165) is 6.07 Å². The third-order valence-electron chi connectivity index (χ3n) is 3.73. The Hall–Kier alpha value is -1.65. The van der Waals surface area contributed by atoms with Crippen LogP contribution in [0.5, 0.6) is 11.5 Å². The van der Waals surface area contributed by atoms with Gasteiger partial charge in [0.25, 0.3) is 0 Å². The molecule has 7 N–H and O–H groups in total. The number of aromatic hydroxyl groups is 2. The van der Waals surface area contributed by atoms with Crippen LogP contribution in [-0.2, 0) is 25.8 Å². The molecule has 28 heavy (non-hydrogen) atoms. The summed E-state index contributed by atoms with van der Waals surface area (Å²) in [5.41, 5.74) is -0.949. The highest BCUT2D eigenvalue weighted by molar-refractivity contribution is 8.14. The number of phenols is 2. The summed E-state index contributed by atoms with van der Waals surface area (Å²) < 4.78 is 39.6. The number of ether oxygens (including phenoxy) is 1. The first kappa shape index (κ1) is 22.6. The summed E-state index contributed by atoms with van der Waals surface area (Å²) >= 11 is 0.595. The van der Waals surface area contributed by atoms with Crippen LogP contribution in [0.25, 0.3) is 0 Å². The van der Waals surface area contributed by atoms with Crippen LogP contribution in [0, 0.1) is 0 Å². The summed E-state index contributed by atoms with van der Waals surface area (Å²) in [7, 11) is -4.94. The molecule has 1 aromatic carbocycles. The van der Waals surface area contributed by atoms with Crippen molar-refractivity contribution < 1.29 is 52.6 Å². The van der Waals surface area contributed by atoms with Crippen molar-refractivity contribution in [2.24, 2.45) is 5.16 Å². The predicted octanol–water partition coefficient (Wildman–Crippen LogP) is -1.69. The van der Waals surface area contributed by atoms with Gasteiger partial charge in [0.2, 0.25) is 0 Å². The van der Waals surface area contributed by atoms with Gasteiger partial charge in [-0.3, -0.25) is 4.55 Å². The minimum Gasteiger partial charge on any atom is -0.504 e. The molecule has 1 saturated heterocycles. The van der Waals surface area contributed by atoms with E-state index in [1.54, 1.807) is 0 Å². The lowest BCUT2D eigenvalue weighted by molar-refractivity contribution is -0.205. The van der Waals surface area contributed by atoms with Gasteiger partial charge in [-0.25, -0.2) is 4.28 Å². The van der Waals surface area contributed by atoms with Crippen molar-refractivity contribution in [2.75, 3.05) is 6.61 Å². The normalized spacial score (nSPS) is 28.9. The molecule has 5 unspecified atom stereocenters. The number of hydrogen-bond acceptors (Lipinski definition) is 12. The maximum Gasteiger partial charge on any atom is 0.466 e. The fourth-order valence-corrected chi connectivity index (χ4v) is 3.67. The van der Waals surface area contributed by atoms with E-state index in [4.69, 9.17) is 9.29 Å². The van der Waals surface area contributed by atoms with Crippen LogP contribution in [-0.4, -0.2) is 85.1 Å². The van der Waals surface area contributed by atoms with Gasteiger partial charge in [-0.2, -0.15) is 8.42 Å². The molecule has 0 aliphatic carbocycles. The number of aliphatic hydroxyl groups excluding tert-OH is 4. The van der Waals surface area contributed by atoms with Gasteiger partial charge < -0.3 is 35.4 Å². The van der Waals surface area contributed by atoms with E-state index in [1.165, 1.54) is 12.1 Å². The summed E-state index contributed by atoms with van der Waals surface area (Å²) in [5, 5.41) is 60.9. The van der Waals surface area contributed by atoms with Crippen LogP contribution < -0.4 is 0 Å². The Balaban J connectivity index is 2.24. The highest BCUT2D eigenvalue weighted by Crippen LogP contribution is 2.31. The van der Waals surface area contributed by atoms with Crippen LogP contribution in [0.4, 0.5) is 0 Å². The summed E-state index contributed by atoms with van der Waals surface area (Å²) in [5.74, 6) is -0.844. The van der Waals surface area contributed by atoms with E-state index < -0.39 is 58.4 Å². The van der Waals surface area contributed by atoms with Gasteiger partial charge in [-0.15, -0.1) is 0 Å². The lowest BCUT2D eigenvalue weighted by Crippen LogP contribution is -2.57. The summed E-state index contributed by atoms with van der Waals surface area (Å²) in [6.07, 6.45) is -6.27. The maximum atomic E-state index is 10.8. The summed E-state index contributed by atoms with van der Waals surface area (Å²) in [6.45, 7) is -0.665. The Morgan fingerprint density at radius 2 is 1.82 bits per heavy atom.